The molecular formula is H7ClNa2O5S. The second-order valence-corrected chi connectivity index (χ2v) is 1.34. The molecule has 0 radical (unpaired) electrons. The van der Waals surface area contributed by atoms with Crippen molar-refractivity contribution in [3.63, 3.8) is 0 Å². The van der Waals surface area contributed by atoms with E-state index in [0.29, 0.717) is 0 Å². The molecule has 9 heteroatoms. The van der Waals surface area contributed by atoms with Gasteiger partial charge in [0.15, 0.2) is 0 Å². The Labute approximate surface area is 103 Å². The van der Waals surface area contributed by atoms with Gasteiger partial charge < -0.3 is 5.48 Å². The SMILES string of the molecule is Cl.O.O=S(=O)(O)O.[NaH].[NaH]. The van der Waals surface area contributed by atoms with E-state index in [4.69, 9.17) is 17.5 Å². The van der Waals surface area contributed by atoms with Crippen molar-refractivity contribution in [2.75, 3.05) is 0 Å². The maximum absolute atomic E-state index is 8.74. The van der Waals surface area contributed by atoms with E-state index in [1.807, 2.05) is 0 Å². The molecule has 9 heavy (non-hydrogen) atoms. The second-order valence-electron chi connectivity index (χ2n) is 0.448. The summed E-state index contributed by atoms with van der Waals surface area (Å²) in [7, 11) is -4.67. The van der Waals surface area contributed by atoms with Gasteiger partial charge in [-0.1, -0.05) is 0 Å². The van der Waals surface area contributed by atoms with Crippen molar-refractivity contribution in [2.24, 2.45) is 0 Å². The van der Waals surface area contributed by atoms with Crippen LogP contribution < -0.4 is 0 Å². The number of hydrogen-bond donors (Lipinski definition) is 2. The van der Waals surface area contributed by atoms with Gasteiger partial charge in [-0.3, -0.25) is 9.11 Å². The Morgan fingerprint density at radius 1 is 1.00 bits per heavy atom. The first-order valence-electron chi connectivity index (χ1n) is 0.698. The molecule has 0 aliphatic carbocycles. The number of hydrogen-bond acceptors (Lipinski definition) is 2. The van der Waals surface area contributed by atoms with E-state index in [-0.39, 0.29) is 77.0 Å². The average Bonchev–Trinajstić information content (AvgIpc) is 0.722. The van der Waals surface area contributed by atoms with Gasteiger partial charge in [-0.05, 0) is 0 Å². The Bertz CT molecular complexity index is 98.1. The summed E-state index contributed by atoms with van der Waals surface area (Å²) in [6.07, 6.45) is 0. The molecule has 0 aliphatic rings. The Morgan fingerprint density at radius 2 is 1.00 bits per heavy atom. The Morgan fingerprint density at radius 3 is 1.00 bits per heavy atom. The first-order chi connectivity index (χ1) is 2.00. The third-order valence-corrected chi connectivity index (χ3v) is 0. The fourth-order valence-corrected chi connectivity index (χ4v) is 0. The predicted molar refractivity (Wildman–Crippen MR) is 39.3 cm³/mol. The molecule has 0 spiro atoms. The van der Waals surface area contributed by atoms with Gasteiger partial charge in [-0.2, -0.15) is 8.42 Å². The molecule has 0 saturated carbocycles. The van der Waals surface area contributed by atoms with Gasteiger partial charge in [-0.25, -0.2) is 0 Å². The summed E-state index contributed by atoms with van der Waals surface area (Å²) in [6, 6.07) is 0. The van der Waals surface area contributed by atoms with Crippen molar-refractivity contribution in [3.05, 3.63) is 0 Å². The van der Waals surface area contributed by atoms with Crippen molar-refractivity contribution >= 4 is 81.9 Å². The van der Waals surface area contributed by atoms with Gasteiger partial charge in [0.1, 0.15) is 0 Å². The van der Waals surface area contributed by atoms with Crippen molar-refractivity contribution in [2.45, 2.75) is 0 Å². The monoisotopic (exact) mass is 200 g/mol. The average molecular weight is 201 g/mol. The third-order valence-electron chi connectivity index (χ3n) is 0. The van der Waals surface area contributed by atoms with Crippen LogP contribution in [-0.2, 0) is 10.4 Å². The molecule has 0 aromatic carbocycles. The van der Waals surface area contributed by atoms with E-state index in [1.165, 1.54) is 0 Å². The van der Waals surface area contributed by atoms with Gasteiger partial charge in [-0.15, -0.1) is 12.4 Å². The van der Waals surface area contributed by atoms with Crippen molar-refractivity contribution < 1.29 is 23.0 Å². The maximum atomic E-state index is 8.74. The van der Waals surface area contributed by atoms with Crippen molar-refractivity contribution in [1.29, 1.82) is 0 Å². The zero-order valence-electron chi connectivity index (χ0n) is 3.03. The second kappa shape index (κ2) is 12.8. The molecule has 4 N–H and O–H groups in total. The molecular weight excluding hydrogens is 193 g/mol. The normalized spacial score (nSPS) is 6.44. The molecule has 0 amide bonds. The van der Waals surface area contributed by atoms with E-state index < -0.39 is 10.4 Å². The minimum absolute atomic E-state index is 0. The molecule has 0 atom stereocenters. The third kappa shape index (κ3) is 148. The summed E-state index contributed by atoms with van der Waals surface area (Å²) in [6.45, 7) is 0. The van der Waals surface area contributed by atoms with E-state index in [0.717, 1.165) is 0 Å². The molecule has 0 bridgehead atoms. The van der Waals surface area contributed by atoms with Crippen LogP contribution in [-0.4, -0.2) is 82.1 Å². The molecule has 0 aliphatic heterocycles. The minimum atomic E-state index is -4.67. The summed E-state index contributed by atoms with van der Waals surface area (Å²) in [5.41, 5.74) is 0. The molecule has 0 fully saturated rings. The van der Waals surface area contributed by atoms with Crippen LogP contribution in [0.2, 0.25) is 0 Å². The number of halogens is 1. The van der Waals surface area contributed by atoms with E-state index >= 15 is 0 Å². The molecule has 0 saturated heterocycles. The van der Waals surface area contributed by atoms with Crippen LogP contribution in [0.1, 0.15) is 0 Å². The molecule has 0 heterocycles. The molecule has 5 nitrogen and oxygen atoms in total. The van der Waals surface area contributed by atoms with Gasteiger partial charge in [0.25, 0.3) is 0 Å². The van der Waals surface area contributed by atoms with E-state index in [2.05, 4.69) is 0 Å². The van der Waals surface area contributed by atoms with Gasteiger partial charge in [0.05, 0.1) is 0 Å². The molecule has 0 unspecified atom stereocenters. The van der Waals surface area contributed by atoms with Crippen LogP contribution in [0.3, 0.4) is 0 Å². The Hall–Kier alpha value is 2.12. The molecule has 52 valence electrons. The van der Waals surface area contributed by atoms with Crippen molar-refractivity contribution in [1.82, 2.24) is 0 Å². The number of rotatable bonds is 0. The summed E-state index contributed by atoms with van der Waals surface area (Å²) in [5, 5.41) is 0. The summed E-state index contributed by atoms with van der Waals surface area (Å²) in [4.78, 5) is 0. The fourth-order valence-electron chi connectivity index (χ4n) is 0. The first kappa shape index (κ1) is 30.4. The quantitative estimate of drug-likeness (QED) is 0.337. The van der Waals surface area contributed by atoms with Crippen LogP contribution in [0.25, 0.3) is 0 Å². The zero-order valence-corrected chi connectivity index (χ0v) is 4.66. The van der Waals surface area contributed by atoms with E-state index in [9.17, 15) is 0 Å². The zero-order chi connectivity index (χ0) is 4.50. The molecule has 0 rings (SSSR count). The first-order valence-corrected chi connectivity index (χ1v) is 2.10. The standard InChI is InChI=1S/ClH.2Na.H2O4S.H2O.2H/c;;;1-5(2,3)4;;;/h1H;;;(H2,1,2,3,4);1H2;;. The Kier molecular flexibility index (Phi) is 43.1. The Balaban J connectivity index is -0.0000000133. The summed E-state index contributed by atoms with van der Waals surface area (Å²) >= 11 is 0. The topological polar surface area (TPSA) is 106 Å². The summed E-state index contributed by atoms with van der Waals surface area (Å²) in [5.74, 6) is 0. The van der Waals surface area contributed by atoms with E-state index in [1.54, 1.807) is 0 Å². The predicted octanol–water partition coefficient (Wildman–Crippen LogP) is -2.35. The van der Waals surface area contributed by atoms with Crippen LogP contribution in [0.4, 0.5) is 0 Å². The molecule has 0 aromatic heterocycles. The van der Waals surface area contributed by atoms with Gasteiger partial charge in [0.2, 0.25) is 0 Å². The van der Waals surface area contributed by atoms with Crippen molar-refractivity contribution in [3.8, 4) is 0 Å². The van der Waals surface area contributed by atoms with Crippen LogP contribution in [0.5, 0.6) is 0 Å². The van der Waals surface area contributed by atoms with Gasteiger partial charge in [0, 0.05) is 0 Å². The fraction of sp³-hybridized carbons (Fsp3) is 0. The summed E-state index contributed by atoms with van der Waals surface area (Å²) < 4.78 is 31.6. The van der Waals surface area contributed by atoms with Gasteiger partial charge >= 0.3 is 69.5 Å². The van der Waals surface area contributed by atoms with Crippen LogP contribution in [0.15, 0.2) is 0 Å². The molecule has 0 aromatic rings. The van der Waals surface area contributed by atoms with Crippen LogP contribution in [0, 0.1) is 0 Å². The van der Waals surface area contributed by atoms with Crippen LogP contribution >= 0.6 is 12.4 Å².